The van der Waals surface area contributed by atoms with Gasteiger partial charge in [-0.2, -0.15) is 0 Å². The van der Waals surface area contributed by atoms with Gasteiger partial charge >= 0.3 is 0 Å². The molecule has 8 N–H and O–H groups in total. The Kier molecular flexibility index (Phi) is 11.7. The van der Waals surface area contributed by atoms with Gasteiger partial charge in [-0.3, -0.25) is 19.4 Å². The second-order valence-electron chi connectivity index (χ2n) is 7.11. The summed E-state index contributed by atoms with van der Waals surface area (Å²) >= 11 is 6.09. The van der Waals surface area contributed by atoms with E-state index in [0.717, 1.165) is 5.56 Å². The van der Waals surface area contributed by atoms with Gasteiger partial charge in [0.1, 0.15) is 12.1 Å². The Morgan fingerprint density at radius 3 is 2.15 bits per heavy atom. The summed E-state index contributed by atoms with van der Waals surface area (Å²) in [4.78, 5) is 41.5. The van der Waals surface area contributed by atoms with E-state index in [9.17, 15) is 14.4 Å². The zero-order valence-corrected chi connectivity index (χ0v) is 19.4. The molecule has 0 aliphatic heterocycles. The third-order valence-electron chi connectivity index (χ3n) is 4.63. The molecule has 0 fully saturated rings. The lowest BCUT2D eigenvalue weighted by atomic mass is 10.0. The van der Waals surface area contributed by atoms with Gasteiger partial charge in [-0.1, -0.05) is 54.1 Å². The number of rotatable bonds is 11. The zero-order valence-electron chi connectivity index (χ0n) is 17.8. The minimum atomic E-state index is -0.953. The highest BCUT2D eigenvalue weighted by molar-refractivity contribution is 6.33. The molecule has 0 bridgehead atoms. The lowest BCUT2D eigenvalue weighted by molar-refractivity contribution is -0.128. The number of carbonyl (C=O) groups excluding carboxylic acids is 3. The number of amides is 3. The summed E-state index contributed by atoms with van der Waals surface area (Å²) in [6.45, 7) is 0.275. The molecular weight excluding hydrogens is 467 g/mol. The van der Waals surface area contributed by atoms with E-state index < -0.39 is 29.8 Å². The summed E-state index contributed by atoms with van der Waals surface area (Å²) in [5.74, 6) is -1.81. The first-order valence-corrected chi connectivity index (χ1v) is 10.4. The maximum absolute atomic E-state index is 13.0. The van der Waals surface area contributed by atoms with Crippen molar-refractivity contribution in [2.75, 3.05) is 6.54 Å². The van der Waals surface area contributed by atoms with Crippen molar-refractivity contribution in [1.82, 2.24) is 10.6 Å². The van der Waals surface area contributed by atoms with E-state index in [1.165, 1.54) is 0 Å². The predicted molar refractivity (Wildman–Crippen MR) is 124 cm³/mol. The van der Waals surface area contributed by atoms with Crippen LogP contribution in [0.5, 0.6) is 0 Å². The summed E-state index contributed by atoms with van der Waals surface area (Å²) in [6.07, 6.45) is 0.870. The standard InChI is InChI=1S/C22H27ClN6O3.ClH/c23-16-10-5-4-9-15(16)20(31)28-17(11-6-12-27-22(25)26)21(32)29-18(19(24)30)13-14-7-2-1-3-8-14;/h1-5,7-10,17-18H,6,11-13H2,(H2,24,30)(H,28,31)(H,29,32)(H4,25,26,27);1H/p-1/t17-,18+;/m0./s1. The van der Waals surface area contributed by atoms with Gasteiger partial charge in [0.15, 0.2) is 5.96 Å². The average molecular weight is 494 g/mol. The zero-order chi connectivity index (χ0) is 23.5. The fraction of sp³-hybridized carbons (Fsp3) is 0.273. The molecular formula is C22H27Cl2N6O3-. The number of nitrogens with one attached hydrogen (secondary N) is 2. The van der Waals surface area contributed by atoms with Gasteiger partial charge in [-0.15, -0.1) is 0 Å². The van der Waals surface area contributed by atoms with Gasteiger partial charge in [0.25, 0.3) is 5.91 Å². The average Bonchev–Trinajstić information content (AvgIpc) is 2.76. The molecule has 9 nitrogen and oxygen atoms in total. The minimum absolute atomic E-state index is 0. The molecule has 0 aliphatic carbocycles. The van der Waals surface area contributed by atoms with E-state index in [1.807, 2.05) is 30.3 Å². The molecule has 2 aromatic carbocycles. The smallest absolute Gasteiger partial charge is 0.253 e. The molecule has 2 rings (SSSR count). The van der Waals surface area contributed by atoms with E-state index in [-0.39, 0.29) is 48.3 Å². The van der Waals surface area contributed by atoms with E-state index in [2.05, 4.69) is 15.6 Å². The first-order chi connectivity index (χ1) is 15.3. The Morgan fingerprint density at radius 2 is 1.55 bits per heavy atom. The van der Waals surface area contributed by atoms with Gasteiger partial charge in [0, 0.05) is 13.0 Å². The third kappa shape index (κ3) is 9.38. The van der Waals surface area contributed by atoms with Crippen LogP contribution in [0.2, 0.25) is 5.02 Å². The van der Waals surface area contributed by atoms with Crippen LogP contribution in [0.4, 0.5) is 0 Å². The summed E-state index contributed by atoms with van der Waals surface area (Å²) in [7, 11) is 0. The van der Waals surface area contributed by atoms with Crippen LogP contribution in [0.3, 0.4) is 0 Å². The maximum Gasteiger partial charge on any atom is 0.253 e. The number of halogens is 2. The number of nitrogens with two attached hydrogens (primary N) is 3. The molecule has 0 spiro atoms. The van der Waals surface area contributed by atoms with Gasteiger partial charge < -0.3 is 40.2 Å². The molecule has 0 radical (unpaired) electrons. The highest BCUT2D eigenvalue weighted by Gasteiger charge is 2.26. The minimum Gasteiger partial charge on any atom is -1.00 e. The molecule has 2 atom stereocenters. The number of benzene rings is 2. The number of hydrogen-bond acceptors (Lipinski definition) is 4. The van der Waals surface area contributed by atoms with Crippen molar-refractivity contribution < 1.29 is 26.8 Å². The molecule has 33 heavy (non-hydrogen) atoms. The van der Waals surface area contributed by atoms with Crippen LogP contribution in [0, 0.1) is 0 Å². The van der Waals surface area contributed by atoms with Crippen LogP contribution in [0.1, 0.15) is 28.8 Å². The van der Waals surface area contributed by atoms with Gasteiger partial charge in [-0.25, -0.2) is 0 Å². The molecule has 0 aliphatic rings. The number of guanidine groups is 1. The predicted octanol–water partition coefficient (Wildman–Crippen LogP) is -2.29. The van der Waals surface area contributed by atoms with Crippen LogP contribution in [0.15, 0.2) is 59.6 Å². The molecule has 0 saturated carbocycles. The van der Waals surface area contributed by atoms with Crippen LogP contribution >= 0.6 is 11.6 Å². The molecule has 0 heterocycles. The van der Waals surface area contributed by atoms with Crippen molar-refractivity contribution in [2.24, 2.45) is 22.2 Å². The Balaban J connectivity index is 0.00000544. The molecule has 11 heteroatoms. The lowest BCUT2D eigenvalue weighted by Crippen LogP contribution is -3.00. The Morgan fingerprint density at radius 1 is 0.909 bits per heavy atom. The molecule has 3 amide bonds. The van der Waals surface area contributed by atoms with Crippen LogP contribution < -0.4 is 40.2 Å². The quantitative estimate of drug-likeness (QED) is 0.135. The second-order valence-corrected chi connectivity index (χ2v) is 7.52. The Hall–Kier alpha value is -3.30. The van der Waals surface area contributed by atoms with Crippen LogP contribution in [-0.4, -0.2) is 42.3 Å². The molecule has 178 valence electrons. The first kappa shape index (κ1) is 27.7. The first-order valence-electron chi connectivity index (χ1n) is 10.0. The molecule has 0 unspecified atom stereocenters. The lowest BCUT2D eigenvalue weighted by Gasteiger charge is -2.22. The van der Waals surface area contributed by atoms with Crippen molar-refractivity contribution in [2.45, 2.75) is 31.3 Å². The summed E-state index contributed by atoms with van der Waals surface area (Å²) < 4.78 is 0. The van der Waals surface area contributed by atoms with E-state index in [0.29, 0.717) is 6.42 Å². The van der Waals surface area contributed by atoms with Crippen molar-refractivity contribution in [1.29, 1.82) is 0 Å². The fourth-order valence-electron chi connectivity index (χ4n) is 3.00. The summed E-state index contributed by atoms with van der Waals surface area (Å²) in [5, 5.41) is 5.56. The van der Waals surface area contributed by atoms with Gasteiger partial charge in [0.05, 0.1) is 10.6 Å². The number of hydrogen-bond donors (Lipinski definition) is 5. The highest BCUT2D eigenvalue weighted by Crippen LogP contribution is 2.15. The van der Waals surface area contributed by atoms with E-state index in [1.54, 1.807) is 24.3 Å². The SMILES string of the molecule is NC(=O)[C@@H](Cc1ccccc1)NC(=O)[C@H](CCCN=C(N)N)NC(=O)c1ccccc1Cl.[Cl-]. The third-order valence-corrected chi connectivity index (χ3v) is 4.96. The molecule has 0 saturated heterocycles. The highest BCUT2D eigenvalue weighted by atomic mass is 35.5. The van der Waals surface area contributed by atoms with Crippen molar-refractivity contribution in [3.63, 3.8) is 0 Å². The second kappa shape index (κ2) is 14.0. The number of primary amides is 1. The van der Waals surface area contributed by atoms with Crippen molar-refractivity contribution in [3.8, 4) is 0 Å². The molecule has 2 aromatic rings. The van der Waals surface area contributed by atoms with Crippen molar-refractivity contribution in [3.05, 3.63) is 70.7 Å². The fourth-order valence-corrected chi connectivity index (χ4v) is 3.22. The summed E-state index contributed by atoms with van der Waals surface area (Å²) in [5.41, 5.74) is 17.2. The van der Waals surface area contributed by atoms with Crippen LogP contribution in [-0.2, 0) is 16.0 Å². The topological polar surface area (TPSA) is 166 Å². The van der Waals surface area contributed by atoms with Crippen molar-refractivity contribution >= 4 is 35.3 Å². The van der Waals surface area contributed by atoms with Crippen LogP contribution in [0.25, 0.3) is 0 Å². The largest absolute Gasteiger partial charge is 1.00 e. The monoisotopic (exact) mass is 493 g/mol. The Labute approximate surface area is 203 Å². The summed E-state index contributed by atoms with van der Waals surface area (Å²) in [6, 6.07) is 13.7. The van der Waals surface area contributed by atoms with E-state index in [4.69, 9.17) is 28.8 Å². The number of aliphatic imine (C=N–C) groups is 1. The maximum atomic E-state index is 13.0. The number of carbonyl (C=O) groups is 3. The number of nitrogens with zero attached hydrogens (tertiary/aromatic N) is 1. The Bertz CT molecular complexity index is 968. The normalized spacial score (nSPS) is 11.9. The van der Waals surface area contributed by atoms with E-state index >= 15 is 0 Å². The van der Waals surface area contributed by atoms with Gasteiger partial charge in [0.2, 0.25) is 11.8 Å². The van der Waals surface area contributed by atoms with Gasteiger partial charge in [-0.05, 0) is 30.5 Å². The molecule has 0 aromatic heterocycles.